The number of rotatable bonds is 4. The van der Waals surface area contributed by atoms with Gasteiger partial charge in [0.05, 0.1) is 5.56 Å². The van der Waals surface area contributed by atoms with Gasteiger partial charge in [-0.1, -0.05) is 18.2 Å². The van der Waals surface area contributed by atoms with Crippen LogP contribution in [-0.2, 0) is 10.1 Å². The molecule has 0 saturated carbocycles. The van der Waals surface area contributed by atoms with Gasteiger partial charge in [-0.15, -0.1) is 0 Å². The van der Waals surface area contributed by atoms with Crippen LogP contribution in [-0.4, -0.2) is 20.2 Å². The second-order valence-electron chi connectivity index (χ2n) is 3.40. The molecule has 0 aromatic heterocycles. The Morgan fingerprint density at radius 2 is 1.89 bits per heavy atom. The fourth-order valence-corrected chi connectivity index (χ4v) is 1.68. The van der Waals surface area contributed by atoms with Gasteiger partial charge in [0.1, 0.15) is 0 Å². The Bertz CT molecular complexity index is 603. The number of alkyl halides is 3. The molecule has 19 heavy (non-hydrogen) atoms. The van der Waals surface area contributed by atoms with Crippen molar-refractivity contribution < 1.29 is 30.6 Å². The molecule has 0 aliphatic heterocycles. The minimum Gasteiger partial charge on any atom is -0.375 e. The summed E-state index contributed by atoms with van der Waals surface area (Å²) in [5, 5.41) is 0. The number of hydrogen-bond acceptors (Lipinski definition) is 4. The molecule has 0 saturated heterocycles. The summed E-state index contributed by atoms with van der Waals surface area (Å²) in [6.45, 7) is 1.71. The van der Waals surface area contributed by atoms with Gasteiger partial charge in [0.25, 0.3) is 0 Å². The quantitative estimate of drug-likeness (QED) is 0.486. The molecule has 0 spiro atoms. The molecule has 0 fully saturated rings. The summed E-state index contributed by atoms with van der Waals surface area (Å²) < 4.78 is 62.0. The van der Waals surface area contributed by atoms with Gasteiger partial charge in [0.2, 0.25) is 0 Å². The third-order valence-electron chi connectivity index (χ3n) is 2.00. The van der Waals surface area contributed by atoms with Crippen LogP contribution in [0.15, 0.2) is 24.3 Å². The van der Waals surface area contributed by atoms with E-state index in [4.69, 9.17) is 0 Å². The molecule has 1 aromatic carbocycles. The van der Waals surface area contributed by atoms with Gasteiger partial charge in [0.15, 0.2) is 12.0 Å². The molecule has 4 nitrogen and oxygen atoms in total. The molecule has 0 radical (unpaired) electrons. The molecule has 1 rings (SSSR count). The molecule has 0 unspecified atom stereocenters. The summed E-state index contributed by atoms with van der Waals surface area (Å²) in [6, 6.07) is 3.53. The molecule has 104 valence electrons. The lowest BCUT2D eigenvalue weighted by Crippen LogP contribution is -2.28. The van der Waals surface area contributed by atoms with E-state index < -0.39 is 21.4 Å². The second kappa shape index (κ2) is 5.43. The summed E-state index contributed by atoms with van der Waals surface area (Å²) >= 11 is 0. The molecule has 0 amide bonds. The summed E-state index contributed by atoms with van der Waals surface area (Å²) in [7, 11) is -5.79. The van der Waals surface area contributed by atoms with Crippen molar-refractivity contribution in [3.63, 3.8) is 0 Å². The number of benzene rings is 1. The maximum Gasteiger partial charge on any atom is 0.534 e. The van der Waals surface area contributed by atoms with E-state index >= 15 is 0 Å². The van der Waals surface area contributed by atoms with Crippen LogP contribution in [0.1, 0.15) is 22.8 Å². The Hall–Kier alpha value is -1.83. The maximum absolute atomic E-state index is 12.1. The zero-order chi connectivity index (χ0) is 14.7. The average Bonchev–Trinajstić information content (AvgIpc) is 2.29. The smallest absolute Gasteiger partial charge is 0.375 e. The Morgan fingerprint density at radius 1 is 1.26 bits per heavy atom. The Kier molecular flexibility index (Phi) is 4.35. The lowest BCUT2D eigenvalue weighted by Gasteiger charge is -2.11. The zero-order valence-electron chi connectivity index (χ0n) is 9.64. The number of carbonyl (C=O) groups excluding carboxylic acids is 1. The van der Waals surface area contributed by atoms with E-state index in [1.165, 1.54) is 12.1 Å². The third kappa shape index (κ3) is 3.57. The van der Waals surface area contributed by atoms with Gasteiger partial charge in [0, 0.05) is 0 Å². The van der Waals surface area contributed by atoms with E-state index in [2.05, 4.69) is 4.18 Å². The highest BCUT2D eigenvalue weighted by Gasteiger charge is 2.48. The van der Waals surface area contributed by atoms with Crippen LogP contribution in [0, 0.1) is 0 Å². The first-order valence-electron chi connectivity index (χ1n) is 4.94. The number of allylic oxidation sites excluding steroid dienone is 1. The van der Waals surface area contributed by atoms with E-state index in [9.17, 15) is 26.4 Å². The van der Waals surface area contributed by atoms with E-state index in [1.54, 1.807) is 19.1 Å². The van der Waals surface area contributed by atoms with E-state index in [0.717, 1.165) is 6.07 Å². The van der Waals surface area contributed by atoms with E-state index in [0.29, 0.717) is 5.56 Å². The van der Waals surface area contributed by atoms with Crippen molar-refractivity contribution in [2.75, 3.05) is 0 Å². The Labute approximate surface area is 107 Å². The molecule has 8 heteroatoms. The predicted octanol–water partition coefficient (Wildman–Crippen LogP) is 2.76. The summed E-state index contributed by atoms with van der Waals surface area (Å²) in [5.41, 5.74) is -5.31. The highest BCUT2D eigenvalue weighted by Crippen LogP contribution is 2.29. The fourth-order valence-electron chi connectivity index (χ4n) is 1.20. The first kappa shape index (κ1) is 15.2. The van der Waals surface area contributed by atoms with Gasteiger partial charge in [-0.05, 0) is 24.6 Å². The Balaban J connectivity index is 3.20. The molecular formula is C11H9F3O4S. The molecule has 1 aromatic rings. The van der Waals surface area contributed by atoms with Crippen LogP contribution in [0.3, 0.4) is 0 Å². The molecule has 0 N–H and O–H groups in total. The molecule has 0 heterocycles. The topological polar surface area (TPSA) is 60.4 Å². The summed E-state index contributed by atoms with van der Waals surface area (Å²) in [4.78, 5) is 10.7. The van der Waals surface area contributed by atoms with Gasteiger partial charge in [-0.2, -0.15) is 21.6 Å². The molecular weight excluding hydrogens is 285 g/mol. The molecule has 0 atom stereocenters. The fraction of sp³-hybridized carbons (Fsp3) is 0.182. The van der Waals surface area contributed by atoms with Crippen LogP contribution >= 0.6 is 0 Å². The lowest BCUT2D eigenvalue weighted by atomic mass is 10.1. The minimum atomic E-state index is -5.79. The number of halogens is 3. The van der Waals surface area contributed by atoms with Gasteiger partial charge in [-0.3, -0.25) is 4.79 Å². The Morgan fingerprint density at radius 3 is 2.37 bits per heavy atom. The van der Waals surface area contributed by atoms with Gasteiger partial charge >= 0.3 is 15.6 Å². The van der Waals surface area contributed by atoms with Crippen molar-refractivity contribution >= 4 is 22.5 Å². The van der Waals surface area contributed by atoms with Gasteiger partial charge < -0.3 is 4.18 Å². The van der Waals surface area contributed by atoms with Crippen LogP contribution in [0.5, 0.6) is 5.75 Å². The lowest BCUT2D eigenvalue weighted by molar-refractivity contribution is -0.0500. The number of hydrogen-bond donors (Lipinski definition) is 0. The first-order valence-corrected chi connectivity index (χ1v) is 6.35. The largest absolute Gasteiger partial charge is 0.534 e. The van der Waals surface area contributed by atoms with Gasteiger partial charge in [-0.25, -0.2) is 0 Å². The van der Waals surface area contributed by atoms with Crippen molar-refractivity contribution in [1.29, 1.82) is 0 Å². The SMILES string of the molecule is C/C=C/c1ccc(OS(=O)(=O)C(F)(F)F)c(C=O)c1. The van der Waals surface area contributed by atoms with E-state index in [-0.39, 0.29) is 11.8 Å². The van der Waals surface area contributed by atoms with Crippen molar-refractivity contribution in [2.24, 2.45) is 0 Å². The maximum atomic E-state index is 12.1. The van der Waals surface area contributed by atoms with Crippen molar-refractivity contribution in [3.8, 4) is 5.75 Å². The van der Waals surface area contributed by atoms with Crippen LogP contribution in [0.2, 0.25) is 0 Å². The predicted molar refractivity (Wildman–Crippen MR) is 62.1 cm³/mol. The van der Waals surface area contributed by atoms with Crippen molar-refractivity contribution in [1.82, 2.24) is 0 Å². The normalized spacial score (nSPS) is 12.6. The summed E-state index contributed by atoms with van der Waals surface area (Å²) in [6.07, 6.45) is 3.46. The van der Waals surface area contributed by atoms with E-state index in [1.807, 2.05) is 0 Å². The minimum absolute atomic E-state index is 0.216. The standard InChI is InChI=1S/C11H9F3O4S/c1-2-3-8-4-5-10(9(6-8)7-15)18-19(16,17)11(12,13)14/h2-7H,1H3/b3-2+. The van der Waals surface area contributed by atoms with Crippen LogP contribution in [0.25, 0.3) is 6.08 Å². The summed E-state index contributed by atoms with van der Waals surface area (Å²) in [5.74, 6) is -0.666. The number of carbonyl (C=O) groups is 1. The zero-order valence-corrected chi connectivity index (χ0v) is 10.5. The molecule has 0 aliphatic rings. The van der Waals surface area contributed by atoms with Crippen LogP contribution in [0.4, 0.5) is 13.2 Å². The molecule has 0 bridgehead atoms. The van der Waals surface area contributed by atoms with Crippen molar-refractivity contribution in [2.45, 2.75) is 12.4 Å². The average molecular weight is 294 g/mol. The van der Waals surface area contributed by atoms with Crippen LogP contribution < -0.4 is 4.18 Å². The highest BCUT2D eigenvalue weighted by molar-refractivity contribution is 7.88. The monoisotopic (exact) mass is 294 g/mol. The second-order valence-corrected chi connectivity index (χ2v) is 4.94. The highest BCUT2D eigenvalue weighted by atomic mass is 32.2. The van der Waals surface area contributed by atoms with Crippen molar-refractivity contribution in [3.05, 3.63) is 35.4 Å². The first-order chi connectivity index (χ1) is 8.71. The third-order valence-corrected chi connectivity index (χ3v) is 2.97. The molecule has 0 aliphatic carbocycles. The number of aldehydes is 1.